The largest absolute Gasteiger partial charge is 0.497 e. The number of fused-ring (bicyclic) bond motifs is 1. The molecule has 0 aliphatic heterocycles. The quantitative estimate of drug-likeness (QED) is 0.294. The molecule has 0 saturated heterocycles. The van der Waals surface area contributed by atoms with Crippen LogP contribution in [0.3, 0.4) is 0 Å². The van der Waals surface area contributed by atoms with Gasteiger partial charge in [-0.15, -0.1) is 0 Å². The number of halogens is 1. The van der Waals surface area contributed by atoms with Gasteiger partial charge in [0.2, 0.25) is 0 Å². The van der Waals surface area contributed by atoms with Gasteiger partial charge in [0, 0.05) is 23.2 Å². The molecule has 1 N–H and O–H groups in total. The van der Waals surface area contributed by atoms with Crippen molar-refractivity contribution in [2.24, 2.45) is 0 Å². The number of nitrogens with zero attached hydrogens (tertiary/aromatic N) is 2. The van der Waals surface area contributed by atoms with Gasteiger partial charge in [-0.2, -0.15) is 0 Å². The molecule has 1 aromatic heterocycles. The van der Waals surface area contributed by atoms with Crippen LogP contribution in [0.5, 0.6) is 11.5 Å². The van der Waals surface area contributed by atoms with Crippen molar-refractivity contribution in [2.75, 3.05) is 20.8 Å². The fourth-order valence-corrected chi connectivity index (χ4v) is 4.61. The lowest BCUT2D eigenvalue weighted by molar-refractivity contribution is 0.103. The minimum Gasteiger partial charge on any atom is -0.497 e. The SMILES string of the molecule is COc1cccc(C(=O)c2cc(OC)c3c(nc(-c4ccc(C(C)C)cc4)n3CCO)c2Br)c1. The highest BCUT2D eigenvalue weighted by Gasteiger charge is 2.24. The van der Waals surface area contributed by atoms with Crippen molar-refractivity contribution in [3.05, 3.63) is 75.8 Å². The molecule has 6 nitrogen and oxygen atoms in total. The number of ether oxygens (including phenoxy) is 2. The van der Waals surface area contributed by atoms with Crippen LogP contribution in [0.15, 0.2) is 59.1 Å². The van der Waals surface area contributed by atoms with Crippen molar-refractivity contribution < 1.29 is 19.4 Å². The van der Waals surface area contributed by atoms with Crippen LogP contribution in [0.25, 0.3) is 22.4 Å². The molecule has 176 valence electrons. The van der Waals surface area contributed by atoms with Crippen LogP contribution in [0.1, 0.15) is 41.3 Å². The van der Waals surface area contributed by atoms with E-state index in [9.17, 15) is 9.90 Å². The summed E-state index contributed by atoms with van der Waals surface area (Å²) < 4.78 is 13.5. The molecule has 1 heterocycles. The Bertz CT molecular complexity index is 1340. The maximum Gasteiger partial charge on any atom is 0.194 e. The van der Waals surface area contributed by atoms with Gasteiger partial charge < -0.3 is 19.1 Å². The third-order valence-corrected chi connectivity index (χ3v) is 6.68. The van der Waals surface area contributed by atoms with Gasteiger partial charge in [0.15, 0.2) is 5.78 Å². The Balaban J connectivity index is 1.92. The van der Waals surface area contributed by atoms with E-state index in [0.29, 0.717) is 56.4 Å². The number of aliphatic hydroxyl groups excluding tert-OH is 1. The zero-order valence-electron chi connectivity index (χ0n) is 19.6. The minimum absolute atomic E-state index is 0.0617. The van der Waals surface area contributed by atoms with Gasteiger partial charge in [-0.1, -0.05) is 50.2 Å². The maximum absolute atomic E-state index is 13.4. The standard InChI is InChI=1S/C27H27BrN2O4/c1-16(2)17-8-10-18(11-9-17)27-29-24-23(28)21(15-22(34-4)25(24)30(27)12-13-31)26(32)19-6-5-7-20(14-19)33-3/h5-11,14-16,31H,12-13H2,1-4H3. The fraction of sp³-hybridized carbons (Fsp3) is 0.259. The van der Waals surface area contributed by atoms with E-state index in [1.165, 1.54) is 5.56 Å². The molecule has 0 saturated carbocycles. The van der Waals surface area contributed by atoms with Crippen LogP contribution in [0.4, 0.5) is 0 Å². The number of carbonyl (C=O) groups is 1. The number of hydrogen-bond acceptors (Lipinski definition) is 5. The first-order valence-electron chi connectivity index (χ1n) is 11.1. The predicted octanol–water partition coefficient (Wildman–Crippen LogP) is 5.83. The number of benzene rings is 3. The minimum atomic E-state index is -0.175. The number of aromatic nitrogens is 2. The van der Waals surface area contributed by atoms with E-state index in [0.717, 1.165) is 5.56 Å². The number of imidazole rings is 1. The summed E-state index contributed by atoms with van der Waals surface area (Å²) in [5.41, 5.74) is 4.41. The Labute approximate surface area is 207 Å². The van der Waals surface area contributed by atoms with Gasteiger partial charge in [0.1, 0.15) is 28.4 Å². The molecule has 0 aliphatic rings. The summed E-state index contributed by atoms with van der Waals surface area (Å²) in [6.07, 6.45) is 0. The van der Waals surface area contributed by atoms with Crippen LogP contribution < -0.4 is 9.47 Å². The van der Waals surface area contributed by atoms with Gasteiger partial charge in [-0.05, 0) is 45.6 Å². The molecule has 3 aromatic carbocycles. The second kappa shape index (κ2) is 9.99. The highest BCUT2D eigenvalue weighted by Crippen LogP contribution is 2.39. The Morgan fingerprint density at radius 2 is 1.82 bits per heavy atom. The normalized spacial score (nSPS) is 11.3. The van der Waals surface area contributed by atoms with E-state index in [4.69, 9.17) is 14.5 Å². The molecule has 0 radical (unpaired) electrons. The zero-order valence-corrected chi connectivity index (χ0v) is 21.2. The number of carbonyl (C=O) groups excluding carboxylic acids is 1. The molecule has 0 spiro atoms. The predicted molar refractivity (Wildman–Crippen MR) is 137 cm³/mol. The third kappa shape index (κ3) is 4.33. The molecule has 0 fully saturated rings. The summed E-state index contributed by atoms with van der Waals surface area (Å²) in [5.74, 6) is 2.06. The second-order valence-corrected chi connectivity index (χ2v) is 9.08. The monoisotopic (exact) mass is 522 g/mol. The zero-order chi connectivity index (χ0) is 24.4. The second-order valence-electron chi connectivity index (χ2n) is 8.29. The molecule has 34 heavy (non-hydrogen) atoms. The lowest BCUT2D eigenvalue weighted by Crippen LogP contribution is -2.07. The fourth-order valence-electron chi connectivity index (χ4n) is 4.04. The number of rotatable bonds is 8. The third-order valence-electron chi connectivity index (χ3n) is 5.88. The molecule has 0 unspecified atom stereocenters. The van der Waals surface area contributed by atoms with Gasteiger partial charge in [-0.25, -0.2) is 4.98 Å². The smallest absolute Gasteiger partial charge is 0.194 e. The molecule has 4 aromatic rings. The van der Waals surface area contributed by atoms with Crippen LogP contribution in [0, 0.1) is 0 Å². The van der Waals surface area contributed by atoms with Gasteiger partial charge in [-0.3, -0.25) is 4.79 Å². The van der Waals surface area contributed by atoms with E-state index in [1.54, 1.807) is 44.6 Å². The molecule has 4 rings (SSSR count). The van der Waals surface area contributed by atoms with E-state index < -0.39 is 0 Å². The Hall–Kier alpha value is -3.16. The van der Waals surface area contributed by atoms with Crippen LogP contribution in [-0.2, 0) is 6.54 Å². The summed E-state index contributed by atoms with van der Waals surface area (Å²) in [4.78, 5) is 18.3. The van der Waals surface area contributed by atoms with Crippen molar-refractivity contribution in [3.63, 3.8) is 0 Å². The highest BCUT2D eigenvalue weighted by molar-refractivity contribution is 9.10. The molecule has 0 aliphatic carbocycles. The number of hydrogen-bond donors (Lipinski definition) is 1. The van der Waals surface area contributed by atoms with Crippen molar-refractivity contribution in [1.29, 1.82) is 0 Å². The molecule has 0 bridgehead atoms. The highest BCUT2D eigenvalue weighted by atomic mass is 79.9. The summed E-state index contributed by atoms with van der Waals surface area (Å²) in [6, 6.07) is 17.0. The van der Waals surface area contributed by atoms with Crippen LogP contribution in [-0.4, -0.2) is 41.3 Å². The number of ketones is 1. The number of aliphatic hydroxyl groups is 1. The first kappa shape index (κ1) is 24.0. The average Bonchev–Trinajstić information content (AvgIpc) is 3.24. The van der Waals surface area contributed by atoms with Crippen molar-refractivity contribution >= 4 is 32.7 Å². The van der Waals surface area contributed by atoms with Gasteiger partial charge >= 0.3 is 0 Å². The summed E-state index contributed by atoms with van der Waals surface area (Å²) in [5, 5.41) is 9.79. The van der Waals surface area contributed by atoms with Crippen molar-refractivity contribution in [2.45, 2.75) is 26.3 Å². The lowest BCUT2D eigenvalue weighted by atomic mass is 10.0. The van der Waals surface area contributed by atoms with Crippen LogP contribution in [0.2, 0.25) is 0 Å². The lowest BCUT2D eigenvalue weighted by Gasteiger charge is -2.13. The van der Waals surface area contributed by atoms with Crippen LogP contribution >= 0.6 is 15.9 Å². The number of methoxy groups -OCH3 is 2. The van der Waals surface area contributed by atoms with E-state index in [1.807, 2.05) is 16.7 Å². The topological polar surface area (TPSA) is 73.6 Å². The van der Waals surface area contributed by atoms with E-state index >= 15 is 0 Å². The first-order valence-corrected chi connectivity index (χ1v) is 11.9. The van der Waals surface area contributed by atoms with E-state index in [-0.39, 0.29) is 12.4 Å². The van der Waals surface area contributed by atoms with Gasteiger partial charge in [0.25, 0.3) is 0 Å². The van der Waals surface area contributed by atoms with Gasteiger partial charge in [0.05, 0.1) is 25.3 Å². The van der Waals surface area contributed by atoms with Crippen molar-refractivity contribution in [1.82, 2.24) is 9.55 Å². The Morgan fingerprint density at radius 3 is 2.44 bits per heavy atom. The average molecular weight is 523 g/mol. The first-order chi connectivity index (χ1) is 16.4. The Kier molecular flexibility index (Phi) is 7.05. The molecular weight excluding hydrogens is 496 g/mol. The maximum atomic E-state index is 13.4. The Morgan fingerprint density at radius 1 is 1.09 bits per heavy atom. The molecule has 7 heteroatoms. The van der Waals surface area contributed by atoms with E-state index in [2.05, 4.69) is 41.9 Å². The molecule has 0 amide bonds. The summed E-state index contributed by atoms with van der Waals surface area (Å²) in [7, 11) is 3.13. The summed E-state index contributed by atoms with van der Waals surface area (Å²) >= 11 is 3.63. The molecule has 0 atom stereocenters. The summed E-state index contributed by atoms with van der Waals surface area (Å²) in [6.45, 7) is 4.58. The van der Waals surface area contributed by atoms with Crippen molar-refractivity contribution in [3.8, 4) is 22.9 Å². The molecular formula is C27H27BrN2O4.